The quantitative estimate of drug-likeness (QED) is 0.768. The van der Waals surface area contributed by atoms with Crippen molar-refractivity contribution in [3.63, 3.8) is 0 Å². The maximum absolute atomic E-state index is 12.2. The molecule has 8 heteroatoms. The highest BCUT2D eigenvalue weighted by Crippen LogP contribution is 2.25. The van der Waals surface area contributed by atoms with Crippen LogP contribution in [0.4, 0.5) is 5.69 Å². The highest BCUT2D eigenvalue weighted by molar-refractivity contribution is 7.89. The van der Waals surface area contributed by atoms with Gasteiger partial charge in [-0.25, -0.2) is 13.6 Å². The van der Waals surface area contributed by atoms with Crippen molar-refractivity contribution < 1.29 is 13.2 Å². The summed E-state index contributed by atoms with van der Waals surface area (Å²) in [5.74, 6) is -0.234. The predicted molar refractivity (Wildman–Crippen MR) is 88.4 cm³/mol. The lowest BCUT2D eigenvalue weighted by molar-refractivity contribution is -0.120. The average molecular weight is 348 g/mol. The normalized spacial score (nSPS) is 21.8. The molecule has 1 fully saturated rings. The molecule has 1 aromatic rings. The van der Waals surface area contributed by atoms with Crippen LogP contribution in [-0.4, -0.2) is 20.4 Å². The van der Waals surface area contributed by atoms with Gasteiger partial charge in [0.05, 0.1) is 4.90 Å². The molecule has 0 bridgehead atoms. The molecule has 2 rings (SSSR count). The Kier molecular flexibility index (Phi) is 6.37. The molecule has 1 aliphatic carbocycles. The number of amides is 1. The molecule has 1 saturated carbocycles. The molecule has 124 valence electrons. The first-order valence-corrected chi connectivity index (χ1v) is 8.52. The van der Waals surface area contributed by atoms with Crippen molar-refractivity contribution >= 4 is 34.0 Å². The van der Waals surface area contributed by atoms with Gasteiger partial charge in [-0.1, -0.05) is 12.5 Å². The Morgan fingerprint density at radius 1 is 1.32 bits per heavy atom. The van der Waals surface area contributed by atoms with E-state index in [2.05, 4.69) is 5.32 Å². The topological polar surface area (TPSA) is 115 Å². The summed E-state index contributed by atoms with van der Waals surface area (Å²) in [7, 11) is -3.80. The van der Waals surface area contributed by atoms with Crippen LogP contribution >= 0.6 is 12.4 Å². The zero-order valence-electron chi connectivity index (χ0n) is 12.4. The minimum absolute atomic E-state index is 0. The number of halogens is 1. The molecule has 2 atom stereocenters. The maximum atomic E-state index is 12.2. The maximum Gasteiger partial charge on any atom is 0.238 e. The third-order valence-electron chi connectivity index (χ3n) is 3.85. The third kappa shape index (κ3) is 4.67. The molecule has 0 radical (unpaired) electrons. The SMILES string of the molecule is Cc1ccc(NC(=O)C2CCCC(N)C2)cc1S(N)(=O)=O.Cl. The Morgan fingerprint density at radius 3 is 2.59 bits per heavy atom. The van der Waals surface area contributed by atoms with E-state index in [0.717, 1.165) is 19.3 Å². The zero-order chi connectivity index (χ0) is 15.6. The molecule has 0 saturated heterocycles. The minimum atomic E-state index is -3.80. The molecule has 0 heterocycles. The van der Waals surface area contributed by atoms with Gasteiger partial charge in [-0.2, -0.15) is 0 Å². The van der Waals surface area contributed by atoms with Crippen molar-refractivity contribution in [1.29, 1.82) is 0 Å². The molecule has 5 N–H and O–H groups in total. The average Bonchev–Trinajstić information content (AvgIpc) is 2.39. The van der Waals surface area contributed by atoms with Gasteiger partial charge in [0.2, 0.25) is 15.9 Å². The Labute approximate surface area is 137 Å². The van der Waals surface area contributed by atoms with Gasteiger partial charge in [-0.05, 0) is 43.9 Å². The minimum Gasteiger partial charge on any atom is -0.328 e. The van der Waals surface area contributed by atoms with Crippen LogP contribution in [0.5, 0.6) is 0 Å². The molecule has 1 aliphatic rings. The molecule has 22 heavy (non-hydrogen) atoms. The standard InChI is InChI=1S/C14H21N3O3S.ClH/c1-9-5-6-12(8-13(9)21(16,19)20)17-14(18)10-3-2-4-11(15)7-10;/h5-6,8,10-11H,2-4,7,15H2,1H3,(H,17,18)(H2,16,19,20);1H. The highest BCUT2D eigenvalue weighted by atomic mass is 35.5. The summed E-state index contributed by atoms with van der Waals surface area (Å²) in [4.78, 5) is 12.2. The van der Waals surface area contributed by atoms with Crippen LogP contribution in [0, 0.1) is 12.8 Å². The first kappa shape index (κ1) is 18.9. The molecule has 2 unspecified atom stereocenters. The van der Waals surface area contributed by atoms with Crippen molar-refractivity contribution in [3.05, 3.63) is 23.8 Å². The van der Waals surface area contributed by atoms with E-state index in [1.807, 2.05) is 0 Å². The van der Waals surface area contributed by atoms with Crippen molar-refractivity contribution in [2.45, 2.75) is 43.5 Å². The van der Waals surface area contributed by atoms with E-state index in [-0.39, 0.29) is 35.2 Å². The summed E-state index contributed by atoms with van der Waals surface area (Å²) in [5.41, 5.74) is 6.87. The Bertz CT molecular complexity index is 649. The van der Waals surface area contributed by atoms with E-state index in [1.165, 1.54) is 6.07 Å². The molecule has 6 nitrogen and oxygen atoms in total. The number of primary sulfonamides is 1. The smallest absolute Gasteiger partial charge is 0.238 e. The molecule has 0 aliphatic heterocycles. The molecule has 0 spiro atoms. The number of hydrogen-bond acceptors (Lipinski definition) is 4. The highest BCUT2D eigenvalue weighted by Gasteiger charge is 2.25. The summed E-state index contributed by atoms with van der Waals surface area (Å²) < 4.78 is 23.0. The summed E-state index contributed by atoms with van der Waals surface area (Å²) in [6.45, 7) is 1.66. The molecular weight excluding hydrogens is 326 g/mol. The van der Waals surface area contributed by atoms with Crippen molar-refractivity contribution in [3.8, 4) is 0 Å². The van der Waals surface area contributed by atoms with Gasteiger partial charge in [0.1, 0.15) is 0 Å². The van der Waals surface area contributed by atoms with E-state index in [0.29, 0.717) is 17.7 Å². The zero-order valence-corrected chi connectivity index (χ0v) is 14.0. The third-order valence-corrected chi connectivity index (χ3v) is 4.90. The second kappa shape index (κ2) is 7.41. The second-order valence-corrected chi connectivity index (χ2v) is 7.17. The van der Waals surface area contributed by atoms with E-state index >= 15 is 0 Å². The largest absolute Gasteiger partial charge is 0.328 e. The fraction of sp³-hybridized carbons (Fsp3) is 0.500. The van der Waals surface area contributed by atoms with Crippen molar-refractivity contribution in [2.24, 2.45) is 16.8 Å². The number of carbonyl (C=O) groups excluding carboxylic acids is 1. The first-order valence-electron chi connectivity index (χ1n) is 6.97. The van der Waals surface area contributed by atoms with E-state index in [1.54, 1.807) is 19.1 Å². The predicted octanol–water partition coefficient (Wildman–Crippen LogP) is 1.52. The van der Waals surface area contributed by atoms with Crippen LogP contribution in [0.3, 0.4) is 0 Å². The number of anilines is 1. The summed E-state index contributed by atoms with van der Waals surface area (Å²) in [5, 5.41) is 7.92. The molecule has 1 amide bonds. The number of carbonyl (C=O) groups is 1. The second-order valence-electron chi connectivity index (χ2n) is 5.64. The molecule has 0 aromatic heterocycles. The van der Waals surface area contributed by atoms with E-state index in [4.69, 9.17) is 10.9 Å². The number of nitrogens with two attached hydrogens (primary N) is 2. The van der Waals surface area contributed by atoms with Crippen LogP contribution in [0.25, 0.3) is 0 Å². The Morgan fingerprint density at radius 2 is 2.00 bits per heavy atom. The van der Waals surface area contributed by atoms with Crippen LogP contribution in [-0.2, 0) is 14.8 Å². The number of aryl methyl sites for hydroxylation is 1. The van der Waals surface area contributed by atoms with Gasteiger partial charge >= 0.3 is 0 Å². The number of benzene rings is 1. The fourth-order valence-electron chi connectivity index (χ4n) is 2.69. The monoisotopic (exact) mass is 347 g/mol. The van der Waals surface area contributed by atoms with Gasteiger partial charge in [0.25, 0.3) is 0 Å². The van der Waals surface area contributed by atoms with Crippen LogP contribution in [0.2, 0.25) is 0 Å². The molecular formula is C14H22ClN3O3S. The van der Waals surface area contributed by atoms with Gasteiger partial charge in [0.15, 0.2) is 0 Å². The first-order chi connectivity index (χ1) is 9.77. The van der Waals surface area contributed by atoms with E-state index < -0.39 is 10.0 Å². The summed E-state index contributed by atoms with van der Waals surface area (Å²) >= 11 is 0. The number of hydrogen-bond donors (Lipinski definition) is 3. The van der Waals surface area contributed by atoms with Crippen LogP contribution in [0.15, 0.2) is 23.1 Å². The van der Waals surface area contributed by atoms with Crippen LogP contribution in [0.1, 0.15) is 31.2 Å². The van der Waals surface area contributed by atoms with Gasteiger partial charge in [-0.15, -0.1) is 12.4 Å². The van der Waals surface area contributed by atoms with Crippen molar-refractivity contribution in [2.75, 3.05) is 5.32 Å². The van der Waals surface area contributed by atoms with Crippen LogP contribution < -0.4 is 16.2 Å². The van der Waals surface area contributed by atoms with Gasteiger partial charge < -0.3 is 11.1 Å². The Balaban J connectivity index is 0.00000242. The lowest BCUT2D eigenvalue weighted by Gasteiger charge is -2.25. The van der Waals surface area contributed by atoms with E-state index in [9.17, 15) is 13.2 Å². The number of sulfonamides is 1. The summed E-state index contributed by atoms with van der Waals surface area (Å²) in [6, 6.07) is 4.75. The van der Waals surface area contributed by atoms with Gasteiger partial charge in [0, 0.05) is 17.6 Å². The Hall–Kier alpha value is -1.15. The number of nitrogens with one attached hydrogen (secondary N) is 1. The van der Waals surface area contributed by atoms with Gasteiger partial charge in [-0.3, -0.25) is 4.79 Å². The number of rotatable bonds is 3. The van der Waals surface area contributed by atoms with Crippen molar-refractivity contribution in [1.82, 2.24) is 0 Å². The fourth-order valence-corrected chi connectivity index (χ4v) is 3.50. The lowest BCUT2D eigenvalue weighted by Crippen LogP contribution is -2.34. The summed E-state index contributed by atoms with van der Waals surface area (Å²) in [6.07, 6.45) is 3.37. The lowest BCUT2D eigenvalue weighted by atomic mass is 9.85. The molecule has 1 aromatic carbocycles.